The molecule has 0 aromatic rings. The van der Waals surface area contributed by atoms with Crippen LogP contribution in [-0.4, -0.2) is 52.0 Å². The average Bonchev–Trinajstić information content (AvgIpc) is 2.71. The van der Waals surface area contributed by atoms with E-state index in [1.54, 1.807) is 0 Å². The second-order valence-electron chi connectivity index (χ2n) is 8.03. The van der Waals surface area contributed by atoms with Crippen molar-refractivity contribution in [3.63, 3.8) is 0 Å². The summed E-state index contributed by atoms with van der Waals surface area (Å²) < 4.78 is 0. The molecule has 0 aliphatic rings. The fraction of sp³-hybridized carbons (Fsp3) is 0.773. The number of aliphatic carboxylic acids is 2. The Kier molecular flexibility index (Phi) is 20.8. The predicted molar refractivity (Wildman–Crippen MR) is 124 cm³/mol. The van der Waals surface area contributed by atoms with Crippen molar-refractivity contribution < 1.29 is 34.2 Å². The molecular weight excluding hydrogens is 432 g/mol. The highest BCUT2D eigenvalue weighted by Gasteiger charge is 2.21. The van der Waals surface area contributed by atoms with Gasteiger partial charge in [0, 0.05) is 6.42 Å². The van der Waals surface area contributed by atoms with Crippen LogP contribution in [0.3, 0.4) is 0 Å². The maximum Gasteiger partial charge on any atom is 0.326 e. The van der Waals surface area contributed by atoms with Crippen molar-refractivity contribution in [2.45, 2.75) is 109 Å². The molecule has 0 aromatic heterocycles. The number of amides is 3. The van der Waals surface area contributed by atoms with E-state index in [1.165, 1.54) is 51.4 Å². The van der Waals surface area contributed by atoms with Gasteiger partial charge in [0.05, 0.1) is 12.8 Å². The molecule has 2 atom stereocenters. The lowest BCUT2D eigenvalue weighted by atomic mass is 10.1. The van der Waals surface area contributed by atoms with Gasteiger partial charge in [0.15, 0.2) is 0 Å². The number of unbranched alkanes of at least 4 members (excludes halogenated alkanes) is 10. The molecule has 11 heteroatoms. The summed E-state index contributed by atoms with van der Waals surface area (Å²) in [6.45, 7) is 2.22. The molecule has 0 aliphatic heterocycles. The average molecular weight is 475 g/mol. The van der Waals surface area contributed by atoms with Gasteiger partial charge in [-0.15, -0.1) is 0 Å². The van der Waals surface area contributed by atoms with Crippen molar-refractivity contribution >= 4 is 29.7 Å². The van der Waals surface area contributed by atoms with Crippen molar-refractivity contribution in [3.05, 3.63) is 0 Å². The van der Waals surface area contributed by atoms with Crippen molar-refractivity contribution in [2.24, 2.45) is 17.2 Å². The van der Waals surface area contributed by atoms with Crippen LogP contribution >= 0.6 is 0 Å². The summed E-state index contributed by atoms with van der Waals surface area (Å²) in [7, 11) is 0. The van der Waals surface area contributed by atoms with Crippen LogP contribution in [0, 0.1) is 0 Å². The fourth-order valence-corrected chi connectivity index (χ4v) is 2.92. The third-order valence-corrected chi connectivity index (χ3v) is 4.78. The maximum atomic E-state index is 11.7. The van der Waals surface area contributed by atoms with Gasteiger partial charge in [0.2, 0.25) is 17.7 Å². The molecule has 3 amide bonds. The summed E-state index contributed by atoms with van der Waals surface area (Å²) in [5.41, 5.74) is 14.5. The van der Waals surface area contributed by atoms with E-state index < -0.39 is 35.8 Å². The number of carboxylic acids is 2. The topological polar surface area (TPSA) is 216 Å². The molecule has 192 valence electrons. The van der Waals surface area contributed by atoms with E-state index in [4.69, 9.17) is 21.7 Å². The minimum absolute atomic E-state index is 0.291. The van der Waals surface area contributed by atoms with E-state index in [0.29, 0.717) is 6.42 Å². The van der Waals surface area contributed by atoms with Crippen LogP contribution in [0.5, 0.6) is 0 Å². The second-order valence-corrected chi connectivity index (χ2v) is 8.03. The van der Waals surface area contributed by atoms with E-state index in [2.05, 4.69) is 18.0 Å². The van der Waals surface area contributed by atoms with Gasteiger partial charge in [0.1, 0.15) is 12.1 Å². The van der Waals surface area contributed by atoms with E-state index >= 15 is 0 Å². The van der Waals surface area contributed by atoms with Gasteiger partial charge in [-0.25, -0.2) is 4.79 Å². The van der Waals surface area contributed by atoms with Gasteiger partial charge in [0.25, 0.3) is 0 Å². The number of hydrogen-bond donors (Lipinski definition) is 6. The molecule has 0 aromatic carbocycles. The van der Waals surface area contributed by atoms with Crippen molar-refractivity contribution in [1.82, 2.24) is 5.32 Å². The van der Waals surface area contributed by atoms with Crippen molar-refractivity contribution in [2.75, 3.05) is 0 Å². The van der Waals surface area contributed by atoms with E-state index in [1.807, 2.05) is 0 Å². The number of carbonyl (C=O) groups excluding carboxylic acids is 3. The monoisotopic (exact) mass is 474 g/mol. The number of nitrogens with two attached hydrogens (primary N) is 3. The third-order valence-electron chi connectivity index (χ3n) is 4.78. The summed E-state index contributed by atoms with van der Waals surface area (Å²) in [5.74, 6) is -4.23. The molecule has 0 bridgehead atoms. The Bertz CT molecular complexity index is 599. The zero-order valence-corrected chi connectivity index (χ0v) is 19.7. The third kappa shape index (κ3) is 23.8. The Morgan fingerprint density at radius 3 is 1.45 bits per heavy atom. The Hall–Kier alpha value is -2.69. The minimum Gasteiger partial charge on any atom is -0.480 e. The maximum absolute atomic E-state index is 11.7. The highest BCUT2D eigenvalue weighted by molar-refractivity contribution is 5.88. The molecule has 0 saturated heterocycles. The number of primary amides is 2. The Balaban J connectivity index is 0. The first-order valence-electron chi connectivity index (χ1n) is 11.6. The molecule has 0 aliphatic carbocycles. The first-order chi connectivity index (χ1) is 15.5. The van der Waals surface area contributed by atoms with Crippen LogP contribution < -0.4 is 22.5 Å². The highest BCUT2D eigenvalue weighted by Crippen LogP contribution is 2.12. The molecular formula is C22H42N4O7. The number of carboxylic acid groups (broad SMARTS) is 2. The summed E-state index contributed by atoms with van der Waals surface area (Å²) >= 11 is 0. The number of carbonyl (C=O) groups is 5. The first-order valence-corrected chi connectivity index (χ1v) is 11.6. The largest absolute Gasteiger partial charge is 0.480 e. The van der Waals surface area contributed by atoms with Crippen LogP contribution in [0.25, 0.3) is 0 Å². The Morgan fingerprint density at radius 2 is 1.12 bits per heavy atom. The second kappa shape index (κ2) is 21.2. The molecule has 0 rings (SSSR count). The summed E-state index contributed by atoms with van der Waals surface area (Å²) in [6, 6.07) is -2.38. The predicted octanol–water partition coefficient (Wildman–Crippen LogP) is 1.41. The van der Waals surface area contributed by atoms with Gasteiger partial charge in [-0.05, 0) is 6.42 Å². The lowest BCUT2D eigenvalue weighted by Gasteiger charge is -2.12. The highest BCUT2D eigenvalue weighted by atomic mass is 16.4. The van der Waals surface area contributed by atoms with Gasteiger partial charge in [-0.1, -0.05) is 71.1 Å². The Labute approximate surface area is 195 Å². The molecule has 0 spiro atoms. The molecule has 2 unspecified atom stereocenters. The van der Waals surface area contributed by atoms with E-state index in [0.717, 1.165) is 19.3 Å². The zero-order chi connectivity index (χ0) is 25.6. The number of rotatable bonds is 19. The van der Waals surface area contributed by atoms with Gasteiger partial charge in [-0.3, -0.25) is 19.2 Å². The summed E-state index contributed by atoms with van der Waals surface area (Å²) in [5, 5.41) is 19.4. The molecule has 0 radical (unpaired) electrons. The number of hydrogen-bond acceptors (Lipinski definition) is 6. The lowest BCUT2D eigenvalue weighted by molar-refractivity contribution is -0.143. The van der Waals surface area contributed by atoms with Gasteiger partial charge in [-0.2, -0.15) is 0 Å². The first kappa shape index (κ1) is 32.5. The summed E-state index contributed by atoms with van der Waals surface area (Å²) in [4.78, 5) is 53.2. The van der Waals surface area contributed by atoms with E-state index in [9.17, 15) is 24.0 Å². The summed E-state index contributed by atoms with van der Waals surface area (Å²) in [6.07, 6.45) is 12.8. The molecule has 0 fully saturated rings. The standard InChI is InChI=1S/C18H34N2O4.C4H8N2O3/c1-2-3-4-5-6-7-8-9-10-11-12-13-17(22)20-15(18(23)24)14-16(19)21;5-2(4(8)9)1-3(6)7/h15H,2-14H2,1H3,(H2,19,21)(H,20,22)(H,23,24);2H,1,5H2,(H2,6,7)(H,8,9). The van der Waals surface area contributed by atoms with Crippen LogP contribution in [0.4, 0.5) is 0 Å². The molecule has 33 heavy (non-hydrogen) atoms. The van der Waals surface area contributed by atoms with Gasteiger partial charge < -0.3 is 32.7 Å². The van der Waals surface area contributed by atoms with Crippen molar-refractivity contribution in [3.8, 4) is 0 Å². The molecule has 0 saturated carbocycles. The van der Waals surface area contributed by atoms with E-state index in [-0.39, 0.29) is 18.7 Å². The quantitative estimate of drug-likeness (QED) is 0.150. The zero-order valence-electron chi connectivity index (χ0n) is 19.7. The van der Waals surface area contributed by atoms with Crippen LogP contribution in [0.1, 0.15) is 96.8 Å². The Morgan fingerprint density at radius 1 is 0.697 bits per heavy atom. The smallest absolute Gasteiger partial charge is 0.326 e. The SMILES string of the molecule is CCCCCCCCCCCCCC(=O)NC(CC(N)=O)C(=O)O.NC(=O)CC(N)C(=O)O. The minimum atomic E-state index is -1.24. The lowest BCUT2D eigenvalue weighted by Crippen LogP contribution is -2.43. The van der Waals surface area contributed by atoms with Crippen molar-refractivity contribution in [1.29, 1.82) is 0 Å². The van der Waals surface area contributed by atoms with Crippen LogP contribution in [0.2, 0.25) is 0 Å². The molecule has 9 N–H and O–H groups in total. The molecule has 11 nitrogen and oxygen atoms in total. The van der Waals surface area contributed by atoms with Crippen LogP contribution in [-0.2, 0) is 24.0 Å². The molecule has 0 heterocycles. The fourth-order valence-electron chi connectivity index (χ4n) is 2.92. The number of nitrogens with one attached hydrogen (secondary N) is 1. The van der Waals surface area contributed by atoms with Gasteiger partial charge >= 0.3 is 11.9 Å². The van der Waals surface area contributed by atoms with Crippen LogP contribution in [0.15, 0.2) is 0 Å². The normalized spacial score (nSPS) is 12.1.